The maximum absolute atomic E-state index is 9.75. The number of rotatable bonds is 2. The third kappa shape index (κ3) is 3.46. The van der Waals surface area contributed by atoms with Crippen LogP contribution in [0.5, 0.6) is 0 Å². The molecule has 0 saturated carbocycles. The van der Waals surface area contributed by atoms with Crippen molar-refractivity contribution < 1.29 is 14.6 Å². The summed E-state index contributed by atoms with van der Waals surface area (Å²) in [7, 11) is 0. The van der Waals surface area contributed by atoms with E-state index in [9.17, 15) is 4.79 Å². The highest BCUT2D eigenvalue weighted by atomic mass is 16.7. The smallest absolute Gasteiger partial charge is 0.450 e. The van der Waals surface area contributed by atoms with Crippen LogP contribution in [-0.4, -0.2) is 17.4 Å². The fraction of sp³-hybridized carbons (Fsp3) is 0.800. The molecule has 8 heavy (non-hydrogen) atoms. The Balaban J connectivity index is 3.24. The van der Waals surface area contributed by atoms with Crippen LogP contribution in [0.2, 0.25) is 0 Å². The third-order valence-corrected chi connectivity index (χ3v) is 0.877. The monoisotopic (exact) mass is 118 g/mol. The Morgan fingerprint density at radius 3 is 2.50 bits per heavy atom. The van der Waals surface area contributed by atoms with Gasteiger partial charge in [-0.25, -0.2) is 4.79 Å². The second kappa shape index (κ2) is 3.29. The molecule has 0 aliphatic carbocycles. The molecule has 0 saturated heterocycles. The van der Waals surface area contributed by atoms with Gasteiger partial charge in [-0.1, -0.05) is 6.92 Å². The van der Waals surface area contributed by atoms with E-state index < -0.39 is 6.16 Å². The highest BCUT2D eigenvalue weighted by molar-refractivity contribution is 5.56. The molecule has 48 valence electrons. The number of hydrogen-bond donors (Lipinski definition) is 1. The summed E-state index contributed by atoms with van der Waals surface area (Å²) >= 11 is 0. The second-order valence-corrected chi connectivity index (χ2v) is 1.60. The summed E-state index contributed by atoms with van der Waals surface area (Å²) in [5.41, 5.74) is 0. The predicted molar refractivity (Wildman–Crippen MR) is 28.9 cm³/mol. The Morgan fingerprint density at radius 1 is 1.88 bits per heavy atom. The number of carboxylic acid groups (broad SMARTS) is 1. The van der Waals surface area contributed by atoms with Gasteiger partial charge in [-0.15, -0.1) is 0 Å². The molecule has 0 aliphatic rings. The van der Waals surface area contributed by atoms with Crippen LogP contribution in [-0.2, 0) is 4.74 Å². The molecule has 0 heterocycles. The molecule has 1 atom stereocenters. The summed E-state index contributed by atoms with van der Waals surface area (Å²) in [5, 5.41) is 7.99. The normalized spacial score (nSPS) is 12.8. The average molecular weight is 118 g/mol. The van der Waals surface area contributed by atoms with Crippen LogP contribution >= 0.6 is 0 Å². The van der Waals surface area contributed by atoms with Gasteiger partial charge in [-0.2, -0.15) is 0 Å². The maximum atomic E-state index is 9.75. The first-order valence-electron chi connectivity index (χ1n) is 2.56. The van der Waals surface area contributed by atoms with Crippen molar-refractivity contribution in [1.82, 2.24) is 0 Å². The minimum atomic E-state index is -1.20. The number of ether oxygens (including phenoxy) is 1. The SMILES string of the molecule is CC[C@@H](C)OC(=O)O. The fourth-order valence-corrected chi connectivity index (χ4v) is 0.255. The second-order valence-electron chi connectivity index (χ2n) is 1.60. The van der Waals surface area contributed by atoms with Gasteiger partial charge in [0.25, 0.3) is 0 Å². The summed E-state index contributed by atoms with van der Waals surface area (Å²) in [6, 6.07) is 0. The topological polar surface area (TPSA) is 46.5 Å². The van der Waals surface area contributed by atoms with Gasteiger partial charge in [0, 0.05) is 0 Å². The zero-order chi connectivity index (χ0) is 6.57. The average Bonchev–Trinajstić information content (AvgIpc) is 1.65. The van der Waals surface area contributed by atoms with E-state index in [0.717, 1.165) is 6.42 Å². The van der Waals surface area contributed by atoms with Crippen molar-refractivity contribution in [1.29, 1.82) is 0 Å². The summed E-state index contributed by atoms with van der Waals surface area (Å²) < 4.78 is 4.32. The van der Waals surface area contributed by atoms with Crippen molar-refractivity contribution in [3.05, 3.63) is 0 Å². The van der Waals surface area contributed by atoms with Crippen LogP contribution in [0.25, 0.3) is 0 Å². The molecule has 3 nitrogen and oxygen atoms in total. The zero-order valence-electron chi connectivity index (χ0n) is 5.05. The molecule has 0 rings (SSSR count). The van der Waals surface area contributed by atoms with Gasteiger partial charge in [-0.05, 0) is 13.3 Å². The van der Waals surface area contributed by atoms with E-state index in [-0.39, 0.29) is 6.10 Å². The van der Waals surface area contributed by atoms with Crippen molar-refractivity contribution in [2.75, 3.05) is 0 Å². The minimum absolute atomic E-state index is 0.174. The van der Waals surface area contributed by atoms with Gasteiger partial charge in [-0.3, -0.25) is 0 Å². The van der Waals surface area contributed by atoms with Crippen LogP contribution < -0.4 is 0 Å². The molecule has 0 fully saturated rings. The van der Waals surface area contributed by atoms with E-state index in [1.807, 2.05) is 6.92 Å². The molecular weight excluding hydrogens is 108 g/mol. The highest BCUT2D eigenvalue weighted by Crippen LogP contribution is 1.94. The van der Waals surface area contributed by atoms with Crippen molar-refractivity contribution in [2.24, 2.45) is 0 Å². The molecule has 1 N–H and O–H groups in total. The van der Waals surface area contributed by atoms with Gasteiger partial charge in [0.2, 0.25) is 0 Å². The van der Waals surface area contributed by atoms with Crippen LogP contribution in [0.15, 0.2) is 0 Å². The van der Waals surface area contributed by atoms with Gasteiger partial charge in [0.1, 0.15) is 6.10 Å². The molecule has 0 bridgehead atoms. The van der Waals surface area contributed by atoms with Crippen molar-refractivity contribution in [3.63, 3.8) is 0 Å². The van der Waals surface area contributed by atoms with E-state index in [1.165, 1.54) is 0 Å². The Labute approximate surface area is 48.3 Å². The summed E-state index contributed by atoms with van der Waals surface area (Å²) in [4.78, 5) is 9.75. The molecule has 0 aromatic heterocycles. The van der Waals surface area contributed by atoms with Crippen molar-refractivity contribution in [2.45, 2.75) is 26.4 Å². The molecular formula is C5H10O3. The third-order valence-electron chi connectivity index (χ3n) is 0.877. The van der Waals surface area contributed by atoms with Crippen LogP contribution in [0.4, 0.5) is 4.79 Å². The first-order chi connectivity index (χ1) is 3.66. The van der Waals surface area contributed by atoms with Gasteiger partial charge in [0.05, 0.1) is 0 Å². The summed E-state index contributed by atoms with van der Waals surface area (Å²) in [5.74, 6) is 0. The van der Waals surface area contributed by atoms with E-state index in [0.29, 0.717) is 0 Å². The molecule has 0 spiro atoms. The summed E-state index contributed by atoms with van der Waals surface area (Å²) in [6.45, 7) is 3.59. The van der Waals surface area contributed by atoms with Crippen molar-refractivity contribution in [3.8, 4) is 0 Å². The molecule has 0 aromatic carbocycles. The largest absolute Gasteiger partial charge is 0.506 e. The Morgan fingerprint density at radius 2 is 2.38 bits per heavy atom. The standard InChI is InChI=1S/C5H10O3/c1-3-4(2)8-5(6)7/h4H,3H2,1-2H3,(H,6,7)/t4-/m1/s1. The zero-order valence-corrected chi connectivity index (χ0v) is 5.05. The quantitative estimate of drug-likeness (QED) is 0.558. The number of carbonyl (C=O) groups is 1. The lowest BCUT2D eigenvalue weighted by Crippen LogP contribution is -2.10. The molecule has 0 aliphatic heterocycles. The molecule has 0 unspecified atom stereocenters. The number of hydrogen-bond acceptors (Lipinski definition) is 2. The van der Waals surface area contributed by atoms with E-state index in [2.05, 4.69) is 4.74 Å². The minimum Gasteiger partial charge on any atom is -0.450 e. The molecule has 0 aromatic rings. The Kier molecular flexibility index (Phi) is 2.99. The lowest BCUT2D eigenvalue weighted by atomic mass is 10.3. The molecule has 0 radical (unpaired) electrons. The van der Waals surface area contributed by atoms with Crippen LogP contribution in [0.3, 0.4) is 0 Å². The fourth-order valence-electron chi connectivity index (χ4n) is 0.255. The van der Waals surface area contributed by atoms with Crippen LogP contribution in [0.1, 0.15) is 20.3 Å². The lowest BCUT2D eigenvalue weighted by Gasteiger charge is -2.04. The van der Waals surface area contributed by atoms with Crippen LogP contribution in [0, 0.1) is 0 Å². The van der Waals surface area contributed by atoms with E-state index >= 15 is 0 Å². The highest BCUT2D eigenvalue weighted by Gasteiger charge is 2.01. The molecule has 3 heteroatoms. The first kappa shape index (κ1) is 7.27. The first-order valence-corrected chi connectivity index (χ1v) is 2.56. The predicted octanol–water partition coefficient (Wildman–Crippen LogP) is 1.48. The van der Waals surface area contributed by atoms with E-state index in [4.69, 9.17) is 5.11 Å². The van der Waals surface area contributed by atoms with Crippen molar-refractivity contribution >= 4 is 6.16 Å². The lowest BCUT2D eigenvalue weighted by molar-refractivity contribution is 0.0577. The summed E-state index contributed by atoms with van der Waals surface area (Å²) in [6.07, 6.45) is -0.640. The maximum Gasteiger partial charge on any atom is 0.506 e. The Hall–Kier alpha value is -0.730. The van der Waals surface area contributed by atoms with E-state index in [1.54, 1.807) is 6.92 Å². The van der Waals surface area contributed by atoms with Gasteiger partial charge < -0.3 is 9.84 Å². The van der Waals surface area contributed by atoms with Gasteiger partial charge in [0.15, 0.2) is 0 Å². The van der Waals surface area contributed by atoms with Gasteiger partial charge >= 0.3 is 6.16 Å². The Bertz CT molecular complexity index is 79.7. The molecule has 0 amide bonds.